The lowest BCUT2D eigenvalue weighted by molar-refractivity contribution is -0.157. The minimum atomic E-state index is -0.466. The second kappa shape index (κ2) is 8.95. The predicted octanol–water partition coefficient (Wildman–Crippen LogP) is 1.57. The van der Waals surface area contributed by atoms with Gasteiger partial charge in [0.2, 0.25) is 5.91 Å². The largest absolute Gasteiger partial charge is 0.464 e. The van der Waals surface area contributed by atoms with Crippen molar-refractivity contribution in [3.8, 4) is 0 Å². The lowest BCUT2D eigenvalue weighted by Gasteiger charge is -2.36. The molecule has 116 valence electrons. The van der Waals surface area contributed by atoms with Gasteiger partial charge in [-0.15, -0.1) is 0 Å². The number of esters is 1. The van der Waals surface area contributed by atoms with E-state index in [1.165, 1.54) is 0 Å². The van der Waals surface area contributed by atoms with Crippen molar-refractivity contribution >= 4 is 11.9 Å². The van der Waals surface area contributed by atoms with Crippen molar-refractivity contribution in [1.82, 2.24) is 10.2 Å². The Labute approximate surface area is 122 Å². The molecule has 5 heteroatoms. The molecule has 0 saturated carbocycles. The number of carbonyl (C=O) groups excluding carboxylic acids is 2. The van der Waals surface area contributed by atoms with Crippen LogP contribution in [0.15, 0.2) is 0 Å². The van der Waals surface area contributed by atoms with Gasteiger partial charge in [-0.3, -0.25) is 4.79 Å². The highest BCUT2D eigenvalue weighted by Gasteiger charge is 2.35. The van der Waals surface area contributed by atoms with Crippen molar-refractivity contribution < 1.29 is 14.3 Å². The number of carbonyl (C=O) groups is 2. The van der Waals surface area contributed by atoms with E-state index in [1.807, 2.05) is 6.92 Å². The molecule has 1 saturated heterocycles. The minimum absolute atomic E-state index is 0.0324. The number of nitrogens with one attached hydrogen (secondary N) is 1. The molecule has 1 rings (SSSR count). The first kappa shape index (κ1) is 17.0. The maximum Gasteiger partial charge on any atom is 0.330 e. The van der Waals surface area contributed by atoms with E-state index in [-0.39, 0.29) is 17.8 Å². The summed E-state index contributed by atoms with van der Waals surface area (Å²) in [6, 6.07) is -0.466. The molecular formula is C15H28N2O3. The van der Waals surface area contributed by atoms with Crippen LogP contribution >= 0.6 is 0 Å². The number of unbranched alkanes of at least 4 members (excludes halogenated alkanes) is 1. The summed E-state index contributed by atoms with van der Waals surface area (Å²) in [7, 11) is 0. The average molecular weight is 284 g/mol. The first-order valence-electron chi connectivity index (χ1n) is 7.83. The molecule has 0 aromatic heterocycles. The Hall–Kier alpha value is -1.10. The van der Waals surface area contributed by atoms with Gasteiger partial charge < -0.3 is 15.0 Å². The fraction of sp³-hybridized carbons (Fsp3) is 0.867. The van der Waals surface area contributed by atoms with Crippen LogP contribution in [-0.4, -0.2) is 49.1 Å². The topological polar surface area (TPSA) is 58.6 Å². The number of amides is 1. The van der Waals surface area contributed by atoms with Gasteiger partial charge in [-0.25, -0.2) is 4.79 Å². The number of nitrogens with zero attached hydrogens (tertiary/aromatic N) is 1. The maximum atomic E-state index is 12.6. The fourth-order valence-corrected chi connectivity index (χ4v) is 2.60. The maximum absolute atomic E-state index is 12.6. The Kier molecular flexibility index (Phi) is 7.59. The summed E-state index contributed by atoms with van der Waals surface area (Å²) < 4.78 is 5.08. The van der Waals surface area contributed by atoms with E-state index in [0.29, 0.717) is 19.7 Å². The molecule has 1 N–H and O–H groups in total. The number of hydrogen-bond acceptors (Lipinski definition) is 4. The van der Waals surface area contributed by atoms with Crippen LogP contribution < -0.4 is 5.32 Å². The standard InChI is InChI=1S/C15H28N2O3/c1-4-7-8-12(5-2)14(18)17-10-9-16-11-13(17)15(19)20-6-3/h12-13,16H,4-11H2,1-3H3. The van der Waals surface area contributed by atoms with E-state index >= 15 is 0 Å². The molecule has 2 atom stereocenters. The molecule has 0 aromatic rings. The van der Waals surface area contributed by atoms with Crippen molar-refractivity contribution in [1.29, 1.82) is 0 Å². The SMILES string of the molecule is CCCCC(CC)C(=O)N1CCNCC1C(=O)OCC. The molecule has 0 bridgehead atoms. The zero-order valence-corrected chi connectivity index (χ0v) is 13.0. The molecule has 1 heterocycles. The summed E-state index contributed by atoms with van der Waals surface area (Å²) in [6.07, 6.45) is 3.89. The van der Waals surface area contributed by atoms with Gasteiger partial charge in [-0.2, -0.15) is 0 Å². The Balaban J connectivity index is 2.72. The molecule has 0 spiro atoms. The van der Waals surface area contributed by atoms with Gasteiger partial charge in [0.05, 0.1) is 6.61 Å². The molecule has 0 aliphatic carbocycles. The normalized spacial score (nSPS) is 20.6. The van der Waals surface area contributed by atoms with Crippen LogP contribution in [0.1, 0.15) is 46.5 Å². The smallest absolute Gasteiger partial charge is 0.330 e. The van der Waals surface area contributed by atoms with E-state index in [2.05, 4.69) is 12.2 Å². The number of piperazine rings is 1. The van der Waals surface area contributed by atoms with Crippen LogP contribution in [0.3, 0.4) is 0 Å². The third-order valence-corrected chi connectivity index (χ3v) is 3.83. The van der Waals surface area contributed by atoms with Crippen molar-refractivity contribution in [2.75, 3.05) is 26.2 Å². The quantitative estimate of drug-likeness (QED) is 0.721. The molecule has 0 aromatic carbocycles. The van der Waals surface area contributed by atoms with Gasteiger partial charge in [-0.1, -0.05) is 26.7 Å². The highest BCUT2D eigenvalue weighted by atomic mass is 16.5. The predicted molar refractivity (Wildman–Crippen MR) is 78.3 cm³/mol. The van der Waals surface area contributed by atoms with Crippen LogP contribution in [0.2, 0.25) is 0 Å². The van der Waals surface area contributed by atoms with Crippen LogP contribution in [0.25, 0.3) is 0 Å². The van der Waals surface area contributed by atoms with Gasteiger partial charge in [-0.05, 0) is 19.8 Å². The molecule has 1 aliphatic heterocycles. The lowest BCUT2D eigenvalue weighted by atomic mass is 9.96. The molecule has 20 heavy (non-hydrogen) atoms. The van der Waals surface area contributed by atoms with Gasteiger partial charge >= 0.3 is 5.97 Å². The van der Waals surface area contributed by atoms with E-state index < -0.39 is 6.04 Å². The third-order valence-electron chi connectivity index (χ3n) is 3.83. The molecule has 1 aliphatic rings. The Morgan fingerprint density at radius 1 is 1.35 bits per heavy atom. The summed E-state index contributed by atoms with van der Waals surface area (Å²) in [5.74, 6) is -0.149. The second-order valence-electron chi connectivity index (χ2n) is 5.25. The van der Waals surface area contributed by atoms with E-state index in [9.17, 15) is 9.59 Å². The average Bonchev–Trinajstić information content (AvgIpc) is 2.48. The first-order chi connectivity index (χ1) is 9.65. The highest BCUT2D eigenvalue weighted by molar-refractivity contribution is 5.86. The van der Waals surface area contributed by atoms with Crippen LogP contribution in [0.4, 0.5) is 0 Å². The van der Waals surface area contributed by atoms with Crippen molar-refractivity contribution in [2.45, 2.75) is 52.5 Å². The fourth-order valence-electron chi connectivity index (χ4n) is 2.60. The van der Waals surface area contributed by atoms with Gasteiger partial charge in [0, 0.05) is 25.6 Å². The highest BCUT2D eigenvalue weighted by Crippen LogP contribution is 2.19. The Morgan fingerprint density at radius 2 is 2.10 bits per heavy atom. The molecular weight excluding hydrogens is 256 g/mol. The number of rotatable bonds is 7. The summed E-state index contributed by atoms with van der Waals surface area (Å²) in [5, 5.41) is 3.16. The van der Waals surface area contributed by atoms with E-state index in [4.69, 9.17) is 4.74 Å². The van der Waals surface area contributed by atoms with E-state index in [0.717, 1.165) is 32.2 Å². The van der Waals surface area contributed by atoms with Crippen molar-refractivity contribution in [3.05, 3.63) is 0 Å². The Bertz CT molecular complexity index is 320. The van der Waals surface area contributed by atoms with Gasteiger partial charge in [0.1, 0.15) is 6.04 Å². The zero-order valence-electron chi connectivity index (χ0n) is 13.0. The second-order valence-corrected chi connectivity index (χ2v) is 5.25. The first-order valence-corrected chi connectivity index (χ1v) is 7.83. The summed E-state index contributed by atoms with van der Waals surface area (Å²) in [6.45, 7) is 8.13. The summed E-state index contributed by atoms with van der Waals surface area (Å²) >= 11 is 0. The number of ether oxygens (including phenoxy) is 1. The minimum Gasteiger partial charge on any atom is -0.464 e. The van der Waals surface area contributed by atoms with E-state index in [1.54, 1.807) is 11.8 Å². The summed E-state index contributed by atoms with van der Waals surface area (Å²) in [5.41, 5.74) is 0. The molecule has 1 amide bonds. The lowest BCUT2D eigenvalue weighted by Crippen LogP contribution is -2.58. The molecule has 0 radical (unpaired) electrons. The molecule has 2 unspecified atom stereocenters. The van der Waals surface area contributed by atoms with Crippen molar-refractivity contribution in [3.63, 3.8) is 0 Å². The van der Waals surface area contributed by atoms with Crippen LogP contribution in [0, 0.1) is 5.92 Å². The third kappa shape index (κ3) is 4.47. The monoisotopic (exact) mass is 284 g/mol. The molecule has 1 fully saturated rings. The van der Waals surface area contributed by atoms with Gasteiger partial charge in [0.25, 0.3) is 0 Å². The Morgan fingerprint density at radius 3 is 2.70 bits per heavy atom. The van der Waals surface area contributed by atoms with Gasteiger partial charge in [0.15, 0.2) is 0 Å². The zero-order chi connectivity index (χ0) is 15.0. The molecule has 5 nitrogen and oxygen atoms in total. The van der Waals surface area contributed by atoms with Crippen molar-refractivity contribution in [2.24, 2.45) is 5.92 Å². The number of hydrogen-bond donors (Lipinski definition) is 1. The van der Waals surface area contributed by atoms with Crippen LogP contribution in [-0.2, 0) is 14.3 Å². The van der Waals surface area contributed by atoms with Crippen LogP contribution in [0.5, 0.6) is 0 Å². The summed E-state index contributed by atoms with van der Waals surface area (Å²) in [4.78, 5) is 26.3.